The number of hydrogen-bond donors (Lipinski definition) is 1. The van der Waals surface area contributed by atoms with Gasteiger partial charge in [0.15, 0.2) is 28.3 Å². The summed E-state index contributed by atoms with van der Waals surface area (Å²) in [5, 5.41) is 11.5. The summed E-state index contributed by atoms with van der Waals surface area (Å²) in [4.78, 5) is 25.0. The smallest absolute Gasteiger partial charge is 0.254 e. The highest BCUT2D eigenvalue weighted by molar-refractivity contribution is 7.99. The number of hydrogen-bond acceptors (Lipinski definition) is 7. The Morgan fingerprint density at radius 3 is 2.53 bits per heavy atom. The van der Waals surface area contributed by atoms with Crippen LogP contribution in [0, 0.1) is 5.82 Å². The average Bonchev–Trinajstić information content (AvgIpc) is 3.17. The lowest BCUT2D eigenvalue weighted by molar-refractivity contribution is 0.0933. The number of rotatable bonds is 9. The Morgan fingerprint density at radius 1 is 1.12 bits per heavy atom. The third-order valence-corrected chi connectivity index (χ3v) is 5.78. The molecule has 0 radical (unpaired) electrons. The number of carbonyl (C=O) groups is 2. The molecule has 3 rings (SSSR count). The second kappa shape index (κ2) is 10.3. The van der Waals surface area contributed by atoms with Crippen molar-refractivity contribution in [3.05, 3.63) is 65.2 Å². The molecule has 10 heteroatoms. The number of ketones is 1. The maximum atomic E-state index is 13.8. The number of halogens is 1. The number of ether oxygens (including phenoxy) is 2. The molecule has 0 bridgehead atoms. The minimum Gasteiger partial charge on any atom is -0.493 e. The van der Waals surface area contributed by atoms with E-state index in [2.05, 4.69) is 15.5 Å². The van der Waals surface area contributed by atoms with Gasteiger partial charge in [-0.15, -0.1) is 10.2 Å². The minimum absolute atomic E-state index is 0.0448. The van der Waals surface area contributed by atoms with E-state index in [1.165, 1.54) is 44.2 Å². The largest absolute Gasteiger partial charge is 0.493 e. The predicted octanol–water partition coefficient (Wildman–Crippen LogP) is 3.44. The molecule has 0 aliphatic heterocycles. The standard InChI is InChI=1S/C22H23FN4O4S/c1-13(24-21(29)15-7-5-6-8-16(15)23)20-25-26-22(27(20)2)32-12-17(28)14-9-10-18(30-3)19(11-14)31-4/h5-11,13H,12H2,1-4H3,(H,24,29). The first-order chi connectivity index (χ1) is 15.3. The second-order valence-corrected chi connectivity index (χ2v) is 7.80. The molecule has 1 aromatic heterocycles. The first-order valence-electron chi connectivity index (χ1n) is 9.68. The number of amides is 1. The zero-order valence-electron chi connectivity index (χ0n) is 18.1. The monoisotopic (exact) mass is 458 g/mol. The fraction of sp³-hybridized carbons (Fsp3) is 0.273. The van der Waals surface area contributed by atoms with Crippen LogP contribution in [0.25, 0.3) is 0 Å². The van der Waals surface area contributed by atoms with Gasteiger partial charge in [0, 0.05) is 12.6 Å². The normalized spacial score (nSPS) is 11.7. The predicted molar refractivity (Wildman–Crippen MR) is 118 cm³/mol. The van der Waals surface area contributed by atoms with Crippen molar-refractivity contribution < 1.29 is 23.5 Å². The van der Waals surface area contributed by atoms with E-state index < -0.39 is 17.8 Å². The van der Waals surface area contributed by atoms with Gasteiger partial charge in [0.1, 0.15) is 5.82 Å². The summed E-state index contributed by atoms with van der Waals surface area (Å²) in [6.45, 7) is 1.73. The number of Topliss-reactive ketones (excluding diaryl/α,β-unsaturated/α-hetero) is 1. The molecule has 1 unspecified atom stereocenters. The zero-order valence-corrected chi connectivity index (χ0v) is 18.9. The Balaban J connectivity index is 1.65. The number of aromatic nitrogens is 3. The summed E-state index contributed by atoms with van der Waals surface area (Å²) in [7, 11) is 4.78. The van der Waals surface area contributed by atoms with Crippen molar-refractivity contribution in [1.82, 2.24) is 20.1 Å². The van der Waals surface area contributed by atoms with Crippen molar-refractivity contribution in [3.63, 3.8) is 0 Å². The number of nitrogens with zero attached hydrogens (tertiary/aromatic N) is 3. The molecule has 0 spiro atoms. The van der Waals surface area contributed by atoms with Crippen molar-refractivity contribution in [3.8, 4) is 11.5 Å². The van der Waals surface area contributed by atoms with Crippen LogP contribution in [-0.2, 0) is 7.05 Å². The first kappa shape index (κ1) is 23.3. The van der Waals surface area contributed by atoms with E-state index in [0.717, 1.165) is 0 Å². The molecule has 1 atom stereocenters. The molecule has 0 saturated carbocycles. The van der Waals surface area contributed by atoms with Crippen molar-refractivity contribution >= 4 is 23.5 Å². The maximum Gasteiger partial charge on any atom is 0.254 e. The van der Waals surface area contributed by atoms with Crippen LogP contribution in [0.4, 0.5) is 4.39 Å². The number of methoxy groups -OCH3 is 2. The molecule has 1 N–H and O–H groups in total. The highest BCUT2D eigenvalue weighted by atomic mass is 32.2. The SMILES string of the molecule is COc1ccc(C(=O)CSc2nnc(C(C)NC(=O)c3ccccc3F)n2C)cc1OC. The summed E-state index contributed by atoms with van der Waals surface area (Å²) in [6.07, 6.45) is 0. The molecule has 1 heterocycles. The Morgan fingerprint density at radius 2 is 1.84 bits per heavy atom. The highest BCUT2D eigenvalue weighted by Gasteiger charge is 2.20. The molecule has 3 aromatic rings. The summed E-state index contributed by atoms with van der Waals surface area (Å²) in [6, 6.07) is 10.2. The van der Waals surface area contributed by atoms with Gasteiger partial charge in [0.05, 0.1) is 31.6 Å². The summed E-state index contributed by atoms with van der Waals surface area (Å²) in [5.41, 5.74) is 0.444. The Bertz CT molecular complexity index is 1130. The van der Waals surface area contributed by atoms with Crippen molar-refractivity contribution in [1.29, 1.82) is 0 Å². The minimum atomic E-state index is -0.597. The van der Waals surface area contributed by atoms with Crippen molar-refractivity contribution in [2.45, 2.75) is 18.1 Å². The molecule has 0 fully saturated rings. The number of carbonyl (C=O) groups excluding carboxylic acids is 2. The molecule has 168 valence electrons. The quantitative estimate of drug-likeness (QED) is 0.388. The molecular formula is C22H23FN4O4S. The fourth-order valence-corrected chi connectivity index (χ4v) is 3.85. The van der Waals surface area contributed by atoms with Crippen LogP contribution in [0.15, 0.2) is 47.6 Å². The van der Waals surface area contributed by atoms with Crippen LogP contribution >= 0.6 is 11.8 Å². The first-order valence-corrected chi connectivity index (χ1v) is 10.7. The number of nitrogens with one attached hydrogen (secondary N) is 1. The van der Waals surface area contributed by atoms with Crippen molar-refractivity contribution in [2.24, 2.45) is 7.05 Å². The van der Waals surface area contributed by atoms with Gasteiger partial charge in [-0.25, -0.2) is 4.39 Å². The van der Waals surface area contributed by atoms with Gasteiger partial charge in [0.25, 0.3) is 5.91 Å². The average molecular weight is 459 g/mol. The van der Waals surface area contributed by atoms with Crippen LogP contribution in [0.5, 0.6) is 11.5 Å². The Labute approximate surface area is 189 Å². The van der Waals surface area contributed by atoms with E-state index in [-0.39, 0.29) is 17.1 Å². The summed E-state index contributed by atoms with van der Waals surface area (Å²) < 4.78 is 26.0. The van der Waals surface area contributed by atoms with Gasteiger partial charge in [-0.2, -0.15) is 0 Å². The van der Waals surface area contributed by atoms with Gasteiger partial charge in [-0.3, -0.25) is 9.59 Å². The lowest BCUT2D eigenvalue weighted by atomic mass is 10.1. The van der Waals surface area contributed by atoms with E-state index in [9.17, 15) is 14.0 Å². The van der Waals surface area contributed by atoms with Crippen LogP contribution < -0.4 is 14.8 Å². The molecule has 32 heavy (non-hydrogen) atoms. The van der Waals surface area contributed by atoms with E-state index in [1.807, 2.05) is 0 Å². The summed E-state index contributed by atoms with van der Waals surface area (Å²) >= 11 is 1.22. The lowest BCUT2D eigenvalue weighted by Gasteiger charge is -2.14. The molecule has 8 nitrogen and oxygen atoms in total. The zero-order chi connectivity index (χ0) is 23.3. The van der Waals surface area contributed by atoms with E-state index in [4.69, 9.17) is 9.47 Å². The molecule has 0 aliphatic carbocycles. The van der Waals surface area contributed by atoms with Gasteiger partial charge < -0.3 is 19.4 Å². The van der Waals surface area contributed by atoms with Crippen molar-refractivity contribution in [2.75, 3.05) is 20.0 Å². The third kappa shape index (κ3) is 5.08. The second-order valence-electron chi connectivity index (χ2n) is 6.86. The molecule has 1 amide bonds. The van der Waals surface area contributed by atoms with Crippen LogP contribution in [-0.4, -0.2) is 46.4 Å². The van der Waals surface area contributed by atoms with Gasteiger partial charge in [0.2, 0.25) is 0 Å². The van der Waals surface area contributed by atoms with Gasteiger partial charge in [-0.1, -0.05) is 23.9 Å². The van der Waals surface area contributed by atoms with Crippen LogP contribution in [0.1, 0.15) is 39.5 Å². The van der Waals surface area contributed by atoms with E-state index in [0.29, 0.717) is 28.0 Å². The van der Waals surface area contributed by atoms with Crippen LogP contribution in [0.2, 0.25) is 0 Å². The maximum absolute atomic E-state index is 13.8. The number of benzene rings is 2. The number of thioether (sulfide) groups is 1. The summed E-state index contributed by atoms with van der Waals surface area (Å²) in [5.74, 6) is 0.385. The van der Waals surface area contributed by atoms with Crippen LogP contribution in [0.3, 0.4) is 0 Å². The molecular weight excluding hydrogens is 435 g/mol. The molecule has 2 aromatic carbocycles. The highest BCUT2D eigenvalue weighted by Crippen LogP contribution is 2.28. The third-order valence-electron chi connectivity index (χ3n) is 4.76. The topological polar surface area (TPSA) is 95.3 Å². The van der Waals surface area contributed by atoms with Gasteiger partial charge in [-0.05, 0) is 37.3 Å². The molecule has 0 saturated heterocycles. The lowest BCUT2D eigenvalue weighted by Crippen LogP contribution is -2.29. The van der Waals surface area contributed by atoms with E-state index >= 15 is 0 Å². The Kier molecular flexibility index (Phi) is 7.47. The van der Waals surface area contributed by atoms with E-state index in [1.54, 1.807) is 42.8 Å². The van der Waals surface area contributed by atoms with Gasteiger partial charge >= 0.3 is 0 Å². The Hall–Kier alpha value is -3.40. The fourth-order valence-electron chi connectivity index (χ4n) is 3.04. The molecule has 0 aliphatic rings.